The summed E-state index contributed by atoms with van der Waals surface area (Å²) in [6.07, 6.45) is 0.700. The summed E-state index contributed by atoms with van der Waals surface area (Å²) < 4.78 is 17.8. The van der Waals surface area contributed by atoms with Crippen LogP contribution in [0.25, 0.3) is 0 Å². The molecular weight excluding hydrogens is 265 g/mol. The first-order chi connectivity index (χ1) is 9.54. The Balaban J connectivity index is 2.43. The van der Waals surface area contributed by atoms with E-state index in [1.54, 1.807) is 7.11 Å². The molecule has 0 fully saturated rings. The van der Waals surface area contributed by atoms with E-state index in [2.05, 4.69) is 10.3 Å². The second-order valence-corrected chi connectivity index (χ2v) is 4.20. The first-order valence-electron chi connectivity index (χ1n) is 6.18. The molecule has 7 heteroatoms. The molecule has 0 aromatic carbocycles. The minimum Gasteiger partial charge on any atom is -0.385 e. The molecule has 20 heavy (non-hydrogen) atoms. The van der Waals surface area contributed by atoms with Gasteiger partial charge in [-0.3, -0.25) is 9.59 Å². The maximum Gasteiger partial charge on any atom is 0.272 e. The Kier molecular flexibility index (Phi) is 6.58. The lowest BCUT2D eigenvalue weighted by Gasteiger charge is -2.16. The van der Waals surface area contributed by atoms with Crippen molar-refractivity contribution in [2.75, 3.05) is 33.9 Å². The predicted molar refractivity (Wildman–Crippen MR) is 70.7 cm³/mol. The number of nitrogens with zero attached hydrogens (tertiary/aromatic N) is 2. The molecule has 0 aliphatic heterocycles. The van der Waals surface area contributed by atoms with E-state index >= 15 is 0 Å². The van der Waals surface area contributed by atoms with Crippen LogP contribution < -0.4 is 5.32 Å². The highest BCUT2D eigenvalue weighted by Crippen LogP contribution is 2.01. The third kappa shape index (κ3) is 5.31. The Morgan fingerprint density at radius 2 is 2.20 bits per heavy atom. The number of hydrogen-bond acceptors (Lipinski definition) is 4. The molecule has 0 saturated carbocycles. The molecule has 0 bridgehead atoms. The Hall–Kier alpha value is -2.02. The van der Waals surface area contributed by atoms with Gasteiger partial charge in [-0.05, 0) is 18.6 Å². The van der Waals surface area contributed by atoms with Gasteiger partial charge < -0.3 is 15.0 Å². The number of aromatic nitrogens is 1. The van der Waals surface area contributed by atoms with Gasteiger partial charge in [0.15, 0.2) is 0 Å². The number of amides is 2. The van der Waals surface area contributed by atoms with Crippen LogP contribution in [-0.2, 0) is 9.53 Å². The fourth-order valence-electron chi connectivity index (χ4n) is 1.51. The first kappa shape index (κ1) is 16.0. The van der Waals surface area contributed by atoms with Gasteiger partial charge in [0.2, 0.25) is 11.9 Å². The number of nitrogens with one attached hydrogen (secondary N) is 1. The molecule has 2 amide bonds. The molecule has 0 unspecified atom stereocenters. The molecule has 1 aromatic heterocycles. The molecule has 0 saturated heterocycles. The van der Waals surface area contributed by atoms with Crippen LogP contribution in [0, 0.1) is 5.95 Å². The topological polar surface area (TPSA) is 71.5 Å². The van der Waals surface area contributed by atoms with Crippen molar-refractivity contribution in [2.45, 2.75) is 6.42 Å². The summed E-state index contributed by atoms with van der Waals surface area (Å²) in [7, 11) is 3.05. The average molecular weight is 283 g/mol. The number of rotatable bonds is 7. The molecule has 0 aliphatic carbocycles. The maximum atomic E-state index is 12.9. The van der Waals surface area contributed by atoms with Gasteiger partial charge in [0.25, 0.3) is 5.91 Å². The fraction of sp³-hybridized carbons (Fsp3) is 0.462. The Morgan fingerprint density at radius 3 is 2.85 bits per heavy atom. The fourth-order valence-corrected chi connectivity index (χ4v) is 1.51. The van der Waals surface area contributed by atoms with Gasteiger partial charge in [-0.1, -0.05) is 6.07 Å². The molecule has 1 heterocycles. The van der Waals surface area contributed by atoms with E-state index in [9.17, 15) is 14.0 Å². The first-order valence-corrected chi connectivity index (χ1v) is 6.18. The van der Waals surface area contributed by atoms with Crippen LogP contribution in [0.1, 0.15) is 16.9 Å². The average Bonchev–Trinajstić information content (AvgIpc) is 2.42. The minimum absolute atomic E-state index is 0.0281. The Bertz CT molecular complexity index is 468. The molecule has 0 spiro atoms. The monoisotopic (exact) mass is 283 g/mol. The summed E-state index contributed by atoms with van der Waals surface area (Å²) in [6.45, 7) is 0.930. The van der Waals surface area contributed by atoms with Crippen LogP contribution >= 0.6 is 0 Å². The lowest BCUT2D eigenvalue weighted by atomic mass is 10.3. The van der Waals surface area contributed by atoms with Gasteiger partial charge >= 0.3 is 0 Å². The standard InChI is InChI=1S/C13H18FN3O3/c1-17(9-12(18)15-7-4-8-20-2)13(19)10-5-3-6-11(14)16-10/h3,5-6H,4,7-9H2,1-2H3,(H,15,18). The quantitative estimate of drug-likeness (QED) is 0.582. The number of carbonyl (C=O) groups is 2. The molecular formula is C13H18FN3O3. The minimum atomic E-state index is -0.728. The van der Waals surface area contributed by atoms with E-state index in [1.807, 2.05) is 0 Å². The summed E-state index contributed by atoms with van der Waals surface area (Å²) in [6, 6.07) is 3.95. The highest BCUT2D eigenvalue weighted by atomic mass is 19.1. The van der Waals surface area contributed by atoms with Crippen LogP contribution in [-0.4, -0.2) is 55.6 Å². The van der Waals surface area contributed by atoms with Gasteiger partial charge in [0.1, 0.15) is 5.69 Å². The van der Waals surface area contributed by atoms with Crippen LogP contribution in [0.4, 0.5) is 4.39 Å². The maximum absolute atomic E-state index is 12.9. The van der Waals surface area contributed by atoms with Gasteiger partial charge in [-0.2, -0.15) is 4.39 Å². The highest BCUT2D eigenvalue weighted by Gasteiger charge is 2.16. The van der Waals surface area contributed by atoms with Crippen LogP contribution in [0.5, 0.6) is 0 Å². The van der Waals surface area contributed by atoms with Crippen LogP contribution in [0.3, 0.4) is 0 Å². The van der Waals surface area contributed by atoms with Gasteiger partial charge in [0.05, 0.1) is 6.54 Å². The van der Waals surface area contributed by atoms with Crippen molar-refractivity contribution in [1.29, 1.82) is 0 Å². The van der Waals surface area contributed by atoms with Gasteiger partial charge in [-0.25, -0.2) is 4.98 Å². The summed E-state index contributed by atoms with van der Waals surface area (Å²) in [4.78, 5) is 28.2. The smallest absolute Gasteiger partial charge is 0.272 e. The summed E-state index contributed by atoms with van der Waals surface area (Å²) in [5.41, 5.74) is -0.0281. The number of carbonyl (C=O) groups excluding carboxylic acids is 2. The van der Waals surface area contributed by atoms with Crippen LogP contribution in [0.15, 0.2) is 18.2 Å². The number of likely N-dealkylation sites (N-methyl/N-ethyl adjacent to an activating group) is 1. The Labute approximate surface area is 116 Å². The largest absolute Gasteiger partial charge is 0.385 e. The molecule has 0 radical (unpaired) electrons. The third-order valence-corrected chi connectivity index (χ3v) is 2.51. The van der Waals surface area contributed by atoms with Gasteiger partial charge in [-0.15, -0.1) is 0 Å². The van der Waals surface area contributed by atoms with Crippen molar-refractivity contribution in [3.8, 4) is 0 Å². The SMILES string of the molecule is COCCCNC(=O)CN(C)C(=O)c1cccc(F)n1. The molecule has 1 rings (SSSR count). The van der Waals surface area contributed by atoms with Crippen LogP contribution in [0.2, 0.25) is 0 Å². The number of pyridine rings is 1. The molecule has 0 aliphatic rings. The van der Waals surface area contributed by atoms with Crippen molar-refractivity contribution in [1.82, 2.24) is 15.2 Å². The molecule has 1 aromatic rings. The predicted octanol–water partition coefficient (Wildman–Crippen LogP) is 0.445. The van der Waals surface area contributed by atoms with E-state index in [1.165, 1.54) is 24.1 Å². The van der Waals surface area contributed by atoms with E-state index < -0.39 is 11.9 Å². The van der Waals surface area contributed by atoms with E-state index in [-0.39, 0.29) is 18.1 Å². The molecule has 0 atom stereocenters. The van der Waals surface area contributed by atoms with Crippen molar-refractivity contribution in [3.63, 3.8) is 0 Å². The van der Waals surface area contributed by atoms with Crippen molar-refractivity contribution >= 4 is 11.8 Å². The second-order valence-electron chi connectivity index (χ2n) is 4.20. The van der Waals surface area contributed by atoms with Crippen molar-refractivity contribution in [3.05, 3.63) is 29.8 Å². The van der Waals surface area contributed by atoms with Crippen molar-refractivity contribution < 1.29 is 18.7 Å². The molecule has 1 N–H and O–H groups in total. The number of halogens is 1. The third-order valence-electron chi connectivity index (χ3n) is 2.51. The molecule has 6 nitrogen and oxygen atoms in total. The summed E-state index contributed by atoms with van der Waals surface area (Å²) >= 11 is 0. The number of hydrogen-bond donors (Lipinski definition) is 1. The highest BCUT2D eigenvalue weighted by molar-refractivity contribution is 5.94. The van der Waals surface area contributed by atoms with E-state index in [0.29, 0.717) is 19.6 Å². The number of ether oxygens (including phenoxy) is 1. The normalized spacial score (nSPS) is 10.2. The zero-order valence-corrected chi connectivity index (χ0v) is 11.6. The summed E-state index contributed by atoms with van der Waals surface area (Å²) in [5.74, 6) is -1.52. The lowest BCUT2D eigenvalue weighted by molar-refractivity contribution is -0.121. The number of methoxy groups -OCH3 is 1. The van der Waals surface area contributed by atoms with Crippen molar-refractivity contribution in [2.24, 2.45) is 0 Å². The Morgan fingerprint density at radius 1 is 1.45 bits per heavy atom. The van der Waals surface area contributed by atoms with Gasteiger partial charge in [0, 0.05) is 27.3 Å². The lowest BCUT2D eigenvalue weighted by Crippen LogP contribution is -2.39. The zero-order chi connectivity index (χ0) is 15.0. The zero-order valence-electron chi connectivity index (χ0n) is 11.6. The van der Waals surface area contributed by atoms with E-state index in [4.69, 9.17) is 4.74 Å². The van der Waals surface area contributed by atoms with E-state index in [0.717, 1.165) is 6.07 Å². The summed E-state index contributed by atoms with van der Waals surface area (Å²) in [5, 5.41) is 2.66. The molecule has 110 valence electrons. The second kappa shape index (κ2) is 8.21.